The first-order chi connectivity index (χ1) is 9.18. The normalized spacial score (nSPS) is 17.4. The van der Waals surface area contributed by atoms with Crippen molar-refractivity contribution in [3.63, 3.8) is 0 Å². The fraction of sp³-hybridized carbons (Fsp3) is 0.615. The largest absolute Gasteiger partial charge is 0.475 e. The molecular weight excluding hydrogens is 282 g/mol. The Labute approximate surface area is 118 Å². The van der Waals surface area contributed by atoms with Gasteiger partial charge >= 0.3 is 5.97 Å². The number of carbonyl (C=O) groups is 1. The highest BCUT2D eigenvalue weighted by atomic mass is 32.2. The van der Waals surface area contributed by atoms with E-state index in [2.05, 4.69) is 18.6 Å². The second-order valence-electron chi connectivity index (χ2n) is 5.68. The number of carboxylic acid groups (broad SMARTS) is 1. The average Bonchev–Trinajstić information content (AvgIpc) is 3.03. The van der Waals surface area contributed by atoms with Gasteiger partial charge in [-0.15, -0.1) is 0 Å². The van der Waals surface area contributed by atoms with E-state index in [-0.39, 0.29) is 21.8 Å². The van der Waals surface area contributed by atoms with Crippen molar-refractivity contribution in [1.82, 2.24) is 4.72 Å². The third-order valence-electron chi connectivity index (χ3n) is 4.10. The van der Waals surface area contributed by atoms with Crippen LogP contribution in [-0.2, 0) is 10.0 Å². The number of aromatic carboxylic acids is 1. The van der Waals surface area contributed by atoms with Crippen LogP contribution in [0.1, 0.15) is 43.0 Å². The van der Waals surface area contributed by atoms with Gasteiger partial charge in [-0.25, -0.2) is 17.9 Å². The molecule has 1 aliphatic rings. The van der Waals surface area contributed by atoms with Gasteiger partial charge in [0.05, 0.1) is 0 Å². The van der Waals surface area contributed by atoms with Gasteiger partial charge in [-0.2, -0.15) is 0 Å². The maximum absolute atomic E-state index is 12.2. The SMILES string of the molecule is Cc1oc(C(=O)O)cc1S(=O)(=O)NCC1(C(C)C)CC1. The van der Waals surface area contributed by atoms with Crippen LogP contribution in [0.25, 0.3) is 0 Å². The van der Waals surface area contributed by atoms with E-state index in [0.29, 0.717) is 12.5 Å². The van der Waals surface area contributed by atoms with Crippen molar-refractivity contribution in [1.29, 1.82) is 0 Å². The van der Waals surface area contributed by atoms with Gasteiger partial charge in [0, 0.05) is 12.6 Å². The molecule has 0 unspecified atom stereocenters. The monoisotopic (exact) mass is 301 g/mol. The van der Waals surface area contributed by atoms with Gasteiger partial charge in [-0.1, -0.05) is 13.8 Å². The van der Waals surface area contributed by atoms with Crippen molar-refractivity contribution in [2.45, 2.75) is 38.5 Å². The van der Waals surface area contributed by atoms with Crippen molar-refractivity contribution in [3.8, 4) is 0 Å². The molecule has 2 rings (SSSR count). The van der Waals surface area contributed by atoms with Gasteiger partial charge in [0.25, 0.3) is 0 Å². The lowest BCUT2D eigenvalue weighted by atomic mass is 9.93. The molecule has 0 spiro atoms. The molecule has 6 nitrogen and oxygen atoms in total. The lowest BCUT2D eigenvalue weighted by molar-refractivity contribution is 0.0661. The minimum atomic E-state index is -3.74. The standard InChI is InChI=1S/C13H19NO5S/c1-8(2)13(4-5-13)7-14-20(17,18)11-6-10(12(15)16)19-9(11)3/h6,8,14H,4-5,7H2,1-3H3,(H,15,16). The first kappa shape index (κ1) is 15.1. The van der Waals surface area contributed by atoms with Gasteiger partial charge in [-0.05, 0) is 31.1 Å². The molecule has 1 fully saturated rings. The van der Waals surface area contributed by atoms with E-state index in [1.54, 1.807) is 0 Å². The van der Waals surface area contributed by atoms with Crippen LogP contribution in [0.5, 0.6) is 0 Å². The molecular formula is C13H19NO5S. The fourth-order valence-electron chi connectivity index (χ4n) is 2.27. The number of rotatable bonds is 6. The first-order valence-electron chi connectivity index (χ1n) is 6.51. The number of aryl methyl sites for hydroxylation is 1. The molecule has 0 saturated heterocycles. The van der Waals surface area contributed by atoms with Crippen molar-refractivity contribution in [3.05, 3.63) is 17.6 Å². The number of furan rings is 1. The van der Waals surface area contributed by atoms with E-state index >= 15 is 0 Å². The third kappa shape index (κ3) is 2.73. The van der Waals surface area contributed by atoms with Gasteiger partial charge in [0.1, 0.15) is 10.7 Å². The first-order valence-corrected chi connectivity index (χ1v) is 8.00. The maximum atomic E-state index is 12.2. The van der Waals surface area contributed by atoms with E-state index in [1.165, 1.54) is 6.92 Å². The smallest absolute Gasteiger partial charge is 0.371 e. The molecule has 20 heavy (non-hydrogen) atoms. The lowest BCUT2D eigenvalue weighted by Crippen LogP contribution is -2.32. The van der Waals surface area contributed by atoms with Crippen molar-refractivity contribution < 1.29 is 22.7 Å². The Balaban J connectivity index is 2.17. The Kier molecular flexibility index (Phi) is 3.68. The fourth-order valence-corrected chi connectivity index (χ4v) is 3.59. The molecule has 112 valence electrons. The summed E-state index contributed by atoms with van der Waals surface area (Å²) >= 11 is 0. The molecule has 0 amide bonds. The second-order valence-corrected chi connectivity index (χ2v) is 7.41. The quantitative estimate of drug-likeness (QED) is 0.837. The predicted molar refractivity (Wildman–Crippen MR) is 72.1 cm³/mol. The van der Waals surface area contributed by atoms with Crippen LogP contribution < -0.4 is 4.72 Å². The molecule has 0 radical (unpaired) electrons. The van der Waals surface area contributed by atoms with Gasteiger partial charge in [-0.3, -0.25) is 0 Å². The molecule has 1 aliphatic carbocycles. The molecule has 0 aliphatic heterocycles. The highest BCUT2D eigenvalue weighted by molar-refractivity contribution is 7.89. The molecule has 1 saturated carbocycles. The molecule has 2 N–H and O–H groups in total. The molecule has 0 aromatic carbocycles. The van der Waals surface area contributed by atoms with Crippen LogP contribution in [-0.4, -0.2) is 26.0 Å². The minimum absolute atomic E-state index is 0.0420. The van der Waals surface area contributed by atoms with Crippen LogP contribution in [0.3, 0.4) is 0 Å². The molecule has 0 atom stereocenters. The average molecular weight is 301 g/mol. The van der Waals surface area contributed by atoms with Gasteiger partial charge in [0.2, 0.25) is 15.8 Å². The zero-order chi connectivity index (χ0) is 15.1. The lowest BCUT2D eigenvalue weighted by Gasteiger charge is -2.19. The molecule has 1 aromatic rings. The molecule has 1 aromatic heterocycles. The summed E-state index contributed by atoms with van der Waals surface area (Å²) in [7, 11) is -3.74. The Hall–Kier alpha value is -1.34. The summed E-state index contributed by atoms with van der Waals surface area (Å²) < 4.78 is 32.0. The van der Waals surface area contributed by atoms with Gasteiger partial charge < -0.3 is 9.52 Å². The summed E-state index contributed by atoms with van der Waals surface area (Å²) in [6.45, 7) is 5.97. The number of hydrogen-bond donors (Lipinski definition) is 2. The zero-order valence-corrected chi connectivity index (χ0v) is 12.6. The van der Waals surface area contributed by atoms with Gasteiger partial charge in [0.15, 0.2) is 0 Å². The zero-order valence-electron chi connectivity index (χ0n) is 11.8. The number of carboxylic acids is 1. The summed E-state index contributed by atoms with van der Waals surface area (Å²) in [5.41, 5.74) is 0.0420. The van der Waals surface area contributed by atoms with E-state index < -0.39 is 16.0 Å². The van der Waals surface area contributed by atoms with E-state index in [1.807, 2.05) is 0 Å². The van der Waals surface area contributed by atoms with Crippen LogP contribution in [0, 0.1) is 18.3 Å². The Morgan fingerprint density at radius 1 is 1.50 bits per heavy atom. The number of nitrogens with one attached hydrogen (secondary N) is 1. The van der Waals surface area contributed by atoms with Crippen LogP contribution in [0.4, 0.5) is 0 Å². The van der Waals surface area contributed by atoms with Crippen LogP contribution in [0.15, 0.2) is 15.4 Å². The van der Waals surface area contributed by atoms with Crippen molar-refractivity contribution in [2.75, 3.05) is 6.54 Å². The number of sulfonamides is 1. The highest BCUT2D eigenvalue weighted by Crippen LogP contribution is 2.51. The summed E-state index contributed by atoms with van der Waals surface area (Å²) in [5, 5.41) is 8.82. The molecule has 1 heterocycles. The van der Waals surface area contributed by atoms with Crippen LogP contribution in [0.2, 0.25) is 0 Å². The summed E-state index contributed by atoms with van der Waals surface area (Å²) in [4.78, 5) is 10.7. The van der Waals surface area contributed by atoms with E-state index in [4.69, 9.17) is 9.52 Å². The van der Waals surface area contributed by atoms with Crippen molar-refractivity contribution >= 4 is 16.0 Å². The summed E-state index contributed by atoms with van der Waals surface area (Å²) in [6, 6.07) is 1.05. The number of hydrogen-bond acceptors (Lipinski definition) is 4. The van der Waals surface area contributed by atoms with Crippen LogP contribution >= 0.6 is 0 Å². The van der Waals surface area contributed by atoms with Crippen molar-refractivity contribution in [2.24, 2.45) is 11.3 Å². The highest BCUT2D eigenvalue weighted by Gasteiger charge is 2.45. The topological polar surface area (TPSA) is 96.6 Å². The summed E-state index contributed by atoms with van der Waals surface area (Å²) in [6.07, 6.45) is 2.02. The van der Waals surface area contributed by atoms with E-state index in [0.717, 1.165) is 18.9 Å². The predicted octanol–water partition coefficient (Wildman–Crippen LogP) is 2.00. The Bertz CT molecular complexity index is 625. The molecule has 7 heteroatoms. The molecule has 0 bridgehead atoms. The van der Waals surface area contributed by atoms with E-state index in [9.17, 15) is 13.2 Å². The summed E-state index contributed by atoms with van der Waals surface area (Å²) in [5.74, 6) is -1.15. The second kappa shape index (κ2) is 4.89. The third-order valence-corrected chi connectivity index (χ3v) is 5.61. The maximum Gasteiger partial charge on any atom is 0.371 e. The minimum Gasteiger partial charge on any atom is -0.475 e. The Morgan fingerprint density at radius 2 is 2.10 bits per heavy atom. The Morgan fingerprint density at radius 3 is 2.50 bits per heavy atom.